The summed E-state index contributed by atoms with van der Waals surface area (Å²) in [5.74, 6) is 0.819. The molecule has 0 spiro atoms. The monoisotopic (exact) mass is 622 g/mol. The molecule has 0 amide bonds. The van der Waals surface area contributed by atoms with E-state index >= 15 is 0 Å². The summed E-state index contributed by atoms with van der Waals surface area (Å²) in [5, 5.41) is 0.00836. The molecule has 1 fully saturated rings. The third-order valence-electron chi connectivity index (χ3n) is 10.0. The molecule has 1 saturated heterocycles. The van der Waals surface area contributed by atoms with E-state index in [0.717, 1.165) is 16.9 Å². The molecule has 1 heterocycles. The maximum Gasteiger partial charge on any atom is 0.200 e. The van der Waals surface area contributed by atoms with Gasteiger partial charge in [0.05, 0.1) is 51.2 Å². The van der Waals surface area contributed by atoms with E-state index in [4.69, 9.17) is 27.8 Å². The molecular weight excluding hydrogens is 561 g/mol. The lowest BCUT2D eigenvalue weighted by Crippen LogP contribution is -2.59. The van der Waals surface area contributed by atoms with Crippen molar-refractivity contribution >= 4 is 16.6 Å². The molecule has 242 valence electrons. The number of methoxy groups -OCH3 is 1. The standard InChI is InChI=1S/C34H62O6Si2/c1-24(2)34(12,32-36-20-21-37-32)31(38-22-28-16-18-29(35-13)19-17-28)30(40-41(14,15)33(9,10)11)23-39-42(25(3)4,26(5)6)27(7)8/h16-19,25-27,30-32H,1,20-23H2,2-15H3/t30-,31+,34?/m1/s1. The summed E-state index contributed by atoms with van der Waals surface area (Å²) in [6.45, 7) is 36.0. The Morgan fingerprint density at radius 1 is 0.929 bits per heavy atom. The highest BCUT2D eigenvalue weighted by Crippen LogP contribution is 2.47. The van der Waals surface area contributed by atoms with Gasteiger partial charge in [0, 0.05) is 0 Å². The Morgan fingerprint density at radius 3 is 1.83 bits per heavy atom. The summed E-state index contributed by atoms with van der Waals surface area (Å²) < 4.78 is 39.3. The van der Waals surface area contributed by atoms with Crippen molar-refractivity contribution in [2.24, 2.45) is 5.41 Å². The minimum absolute atomic E-state index is 0.00836. The number of rotatable bonds is 16. The highest BCUT2D eigenvalue weighted by atomic mass is 28.4. The van der Waals surface area contributed by atoms with Crippen molar-refractivity contribution in [3.63, 3.8) is 0 Å². The van der Waals surface area contributed by atoms with Crippen LogP contribution in [0.2, 0.25) is 34.8 Å². The Labute approximate surface area is 260 Å². The van der Waals surface area contributed by atoms with Gasteiger partial charge in [-0.05, 0) is 66.3 Å². The predicted octanol–water partition coefficient (Wildman–Crippen LogP) is 9.12. The quantitative estimate of drug-likeness (QED) is 0.135. The molecule has 0 saturated carbocycles. The van der Waals surface area contributed by atoms with E-state index < -0.39 is 34.4 Å². The highest BCUT2D eigenvalue weighted by molar-refractivity contribution is 6.77. The zero-order valence-corrected chi connectivity index (χ0v) is 31.3. The summed E-state index contributed by atoms with van der Waals surface area (Å²) in [6.07, 6.45) is -1.25. The van der Waals surface area contributed by atoms with Crippen LogP contribution in [0, 0.1) is 5.41 Å². The van der Waals surface area contributed by atoms with Crippen LogP contribution in [-0.4, -0.2) is 62.1 Å². The maximum absolute atomic E-state index is 7.32. The molecule has 8 heteroatoms. The lowest BCUT2D eigenvalue weighted by molar-refractivity contribution is -0.193. The van der Waals surface area contributed by atoms with Crippen LogP contribution in [0.3, 0.4) is 0 Å². The smallest absolute Gasteiger partial charge is 0.200 e. The molecule has 0 bridgehead atoms. The highest BCUT2D eigenvalue weighted by Gasteiger charge is 2.53. The average molecular weight is 623 g/mol. The number of benzene rings is 1. The van der Waals surface area contributed by atoms with Gasteiger partial charge in [0.25, 0.3) is 0 Å². The van der Waals surface area contributed by atoms with E-state index in [-0.39, 0.29) is 11.1 Å². The lowest BCUT2D eigenvalue weighted by atomic mass is 9.75. The Balaban J connectivity index is 2.66. The van der Waals surface area contributed by atoms with Gasteiger partial charge in [-0.1, -0.05) is 86.6 Å². The second-order valence-electron chi connectivity index (χ2n) is 14.8. The van der Waals surface area contributed by atoms with E-state index in [9.17, 15) is 0 Å². The second kappa shape index (κ2) is 14.8. The molecule has 1 unspecified atom stereocenters. The molecule has 0 radical (unpaired) electrons. The summed E-state index contributed by atoms with van der Waals surface area (Å²) in [4.78, 5) is 0. The minimum atomic E-state index is -2.25. The number of ether oxygens (including phenoxy) is 4. The first-order valence-electron chi connectivity index (χ1n) is 15.8. The van der Waals surface area contributed by atoms with Crippen molar-refractivity contribution in [2.75, 3.05) is 26.9 Å². The van der Waals surface area contributed by atoms with Crippen LogP contribution in [0.25, 0.3) is 0 Å². The molecule has 0 N–H and O–H groups in total. The van der Waals surface area contributed by atoms with Crippen LogP contribution >= 0.6 is 0 Å². The first kappa shape index (κ1) is 37.2. The predicted molar refractivity (Wildman–Crippen MR) is 179 cm³/mol. The van der Waals surface area contributed by atoms with Gasteiger partial charge in [-0.15, -0.1) is 0 Å². The first-order chi connectivity index (χ1) is 19.3. The molecule has 0 aromatic heterocycles. The lowest BCUT2D eigenvalue weighted by Gasteiger charge is -2.49. The van der Waals surface area contributed by atoms with Gasteiger partial charge >= 0.3 is 0 Å². The van der Waals surface area contributed by atoms with E-state index in [1.807, 2.05) is 24.3 Å². The average Bonchev–Trinajstić information content (AvgIpc) is 3.43. The molecule has 0 aliphatic carbocycles. The molecular formula is C34H62O6Si2. The van der Waals surface area contributed by atoms with Crippen molar-refractivity contribution < 1.29 is 27.8 Å². The van der Waals surface area contributed by atoms with E-state index in [2.05, 4.69) is 95.8 Å². The summed E-state index contributed by atoms with van der Waals surface area (Å²) in [5.41, 5.74) is 2.70. The topological polar surface area (TPSA) is 55.4 Å². The van der Waals surface area contributed by atoms with Crippen LogP contribution in [0.15, 0.2) is 36.4 Å². The van der Waals surface area contributed by atoms with E-state index in [1.165, 1.54) is 0 Å². The third kappa shape index (κ3) is 8.17. The third-order valence-corrected chi connectivity index (χ3v) is 20.6. The van der Waals surface area contributed by atoms with Crippen LogP contribution in [0.4, 0.5) is 0 Å². The molecule has 1 aromatic carbocycles. The van der Waals surface area contributed by atoms with Crippen molar-refractivity contribution in [1.29, 1.82) is 0 Å². The fraction of sp³-hybridized carbons (Fsp3) is 0.765. The van der Waals surface area contributed by atoms with E-state index in [0.29, 0.717) is 43.1 Å². The minimum Gasteiger partial charge on any atom is -0.497 e. The molecule has 3 atom stereocenters. The van der Waals surface area contributed by atoms with Gasteiger partial charge in [0.2, 0.25) is 0 Å². The van der Waals surface area contributed by atoms with Gasteiger partial charge in [-0.25, -0.2) is 0 Å². The van der Waals surface area contributed by atoms with Crippen molar-refractivity contribution in [1.82, 2.24) is 0 Å². The summed E-state index contributed by atoms with van der Waals surface area (Å²) in [6, 6.07) is 8.03. The van der Waals surface area contributed by atoms with Crippen molar-refractivity contribution in [2.45, 2.75) is 136 Å². The molecule has 1 aliphatic rings. The van der Waals surface area contributed by atoms with Crippen LogP contribution < -0.4 is 4.74 Å². The van der Waals surface area contributed by atoms with Crippen LogP contribution in [-0.2, 0) is 29.7 Å². The Hall–Kier alpha value is -1.01. The second-order valence-corrected chi connectivity index (χ2v) is 25.0. The van der Waals surface area contributed by atoms with Crippen LogP contribution in [0.1, 0.15) is 81.7 Å². The largest absolute Gasteiger partial charge is 0.497 e. The van der Waals surface area contributed by atoms with Gasteiger partial charge in [0.15, 0.2) is 22.9 Å². The van der Waals surface area contributed by atoms with Gasteiger partial charge in [0.1, 0.15) is 5.75 Å². The van der Waals surface area contributed by atoms with Crippen molar-refractivity contribution in [3.05, 3.63) is 42.0 Å². The van der Waals surface area contributed by atoms with Crippen LogP contribution in [0.5, 0.6) is 5.75 Å². The molecule has 6 nitrogen and oxygen atoms in total. The number of hydrogen-bond donors (Lipinski definition) is 0. The zero-order valence-electron chi connectivity index (χ0n) is 29.3. The molecule has 1 aliphatic heterocycles. The Morgan fingerprint density at radius 2 is 1.43 bits per heavy atom. The SMILES string of the molecule is C=C(C)C(C)(C1OCCO1)[C@@H](OCc1ccc(OC)cc1)[C@@H](CO[Si](C(C)C)(C(C)C)C(C)C)O[Si](C)(C)C(C)(C)C. The van der Waals surface area contributed by atoms with E-state index in [1.54, 1.807) is 7.11 Å². The zero-order chi connectivity index (χ0) is 32.1. The Kier molecular flexibility index (Phi) is 13.1. The summed E-state index contributed by atoms with van der Waals surface area (Å²) >= 11 is 0. The van der Waals surface area contributed by atoms with Gasteiger partial charge in [-0.2, -0.15) is 0 Å². The fourth-order valence-electron chi connectivity index (χ4n) is 6.32. The van der Waals surface area contributed by atoms with Gasteiger partial charge < -0.3 is 27.8 Å². The van der Waals surface area contributed by atoms with Gasteiger partial charge in [-0.3, -0.25) is 0 Å². The molecule has 42 heavy (non-hydrogen) atoms. The normalized spacial score (nSPS) is 18.5. The first-order valence-corrected chi connectivity index (χ1v) is 20.8. The summed E-state index contributed by atoms with van der Waals surface area (Å²) in [7, 11) is -2.77. The fourth-order valence-corrected chi connectivity index (χ4v) is 13.1. The number of hydrogen-bond acceptors (Lipinski definition) is 6. The Bertz CT molecular complexity index is 957. The maximum atomic E-state index is 7.32. The molecule has 2 rings (SSSR count). The molecule has 1 aromatic rings. The van der Waals surface area contributed by atoms with Crippen molar-refractivity contribution in [3.8, 4) is 5.75 Å².